The van der Waals surface area contributed by atoms with Crippen LogP contribution in [0.1, 0.15) is 32.1 Å². The van der Waals surface area contributed by atoms with Crippen LogP contribution in [0.15, 0.2) is 35.2 Å². The van der Waals surface area contributed by atoms with Gasteiger partial charge in [0.05, 0.1) is 11.4 Å². The lowest BCUT2D eigenvalue weighted by atomic mass is 9.75. The molecule has 6 nitrogen and oxygen atoms in total. The molecule has 2 heterocycles. The third kappa shape index (κ3) is 4.26. The van der Waals surface area contributed by atoms with Crippen molar-refractivity contribution in [1.29, 1.82) is 0 Å². The number of likely N-dealkylation sites (tertiary alicyclic amines) is 1. The summed E-state index contributed by atoms with van der Waals surface area (Å²) in [6.07, 6.45) is 6.60. The lowest BCUT2D eigenvalue weighted by Crippen LogP contribution is -2.53. The van der Waals surface area contributed by atoms with Crippen molar-refractivity contribution < 1.29 is 13.2 Å². The molecule has 2 aliphatic heterocycles. The second-order valence-corrected chi connectivity index (χ2v) is 10.4. The van der Waals surface area contributed by atoms with E-state index in [1.807, 2.05) is 11.0 Å². The maximum Gasteiger partial charge on any atom is 0.243 e. The predicted octanol–water partition coefficient (Wildman–Crippen LogP) is 2.03. The highest BCUT2D eigenvalue weighted by Gasteiger charge is 2.34. The minimum Gasteiger partial charge on any atom is -0.339 e. The highest BCUT2D eigenvalue weighted by molar-refractivity contribution is 7.89. The van der Waals surface area contributed by atoms with Crippen molar-refractivity contribution in [3.05, 3.63) is 30.3 Å². The molecule has 4 rings (SSSR count). The number of amides is 1. The van der Waals surface area contributed by atoms with E-state index >= 15 is 0 Å². The summed E-state index contributed by atoms with van der Waals surface area (Å²) in [7, 11) is -3.47. The standard InChI is InChI=1S/C21H31N3O3S/c25-21(17-22-11-10-18-6-4-5-7-19(18)16-22)23-12-14-24(15-13-23)28(26,27)20-8-2-1-3-9-20/h1-3,8-9,18-19H,4-7,10-17H2/t18-,19-/m0/s1. The van der Waals surface area contributed by atoms with Gasteiger partial charge in [-0.05, 0) is 43.4 Å². The molecule has 2 saturated heterocycles. The molecule has 28 heavy (non-hydrogen) atoms. The summed E-state index contributed by atoms with van der Waals surface area (Å²) in [4.78, 5) is 17.3. The molecule has 7 heteroatoms. The fourth-order valence-corrected chi connectivity index (χ4v) is 6.47. The van der Waals surface area contributed by atoms with Gasteiger partial charge in [-0.1, -0.05) is 37.5 Å². The van der Waals surface area contributed by atoms with E-state index in [4.69, 9.17) is 0 Å². The summed E-state index contributed by atoms with van der Waals surface area (Å²) in [6.45, 7) is 4.25. The summed E-state index contributed by atoms with van der Waals surface area (Å²) < 4.78 is 27.0. The van der Waals surface area contributed by atoms with Crippen LogP contribution in [-0.4, -0.2) is 74.2 Å². The topological polar surface area (TPSA) is 60.9 Å². The summed E-state index contributed by atoms with van der Waals surface area (Å²) in [6, 6.07) is 8.54. The maximum atomic E-state index is 12.8. The first-order valence-corrected chi connectivity index (χ1v) is 12.0. The van der Waals surface area contributed by atoms with Crippen molar-refractivity contribution in [3.63, 3.8) is 0 Å². The Morgan fingerprint density at radius 2 is 1.57 bits per heavy atom. The van der Waals surface area contributed by atoms with E-state index < -0.39 is 10.0 Å². The number of piperidine rings is 1. The molecular weight excluding hydrogens is 374 g/mol. The first kappa shape index (κ1) is 19.9. The summed E-state index contributed by atoms with van der Waals surface area (Å²) >= 11 is 0. The zero-order chi connectivity index (χ0) is 19.6. The molecule has 1 aromatic carbocycles. The zero-order valence-corrected chi connectivity index (χ0v) is 17.3. The number of nitrogens with zero attached hydrogens (tertiary/aromatic N) is 3. The fraction of sp³-hybridized carbons (Fsp3) is 0.667. The van der Waals surface area contributed by atoms with Crippen LogP contribution >= 0.6 is 0 Å². The van der Waals surface area contributed by atoms with E-state index in [0.717, 1.165) is 24.9 Å². The van der Waals surface area contributed by atoms with Gasteiger partial charge in [0, 0.05) is 32.7 Å². The number of piperazine rings is 1. The minimum absolute atomic E-state index is 0.144. The van der Waals surface area contributed by atoms with Gasteiger partial charge in [0.15, 0.2) is 0 Å². The molecular formula is C21H31N3O3S. The largest absolute Gasteiger partial charge is 0.339 e. The van der Waals surface area contributed by atoms with E-state index in [1.54, 1.807) is 24.3 Å². The number of sulfonamides is 1. The molecule has 1 aliphatic carbocycles. The average molecular weight is 406 g/mol. The molecule has 2 atom stereocenters. The van der Waals surface area contributed by atoms with Crippen LogP contribution in [0, 0.1) is 11.8 Å². The van der Waals surface area contributed by atoms with Gasteiger partial charge < -0.3 is 4.90 Å². The van der Waals surface area contributed by atoms with Crippen molar-refractivity contribution in [2.45, 2.75) is 37.0 Å². The normalized spacial score (nSPS) is 27.4. The summed E-state index contributed by atoms with van der Waals surface area (Å²) in [5.41, 5.74) is 0. The quantitative estimate of drug-likeness (QED) is 0.769. The first-order valence-electron chi connectivity index (χ1n) is 10.6. The molecule has 3 fully saturated rings. The maximum absolute atomic E-state index is 12.8. The molecule has 1 aromatic rings. The van der Waals surface area contributed by atoms with E-state index in [1.165, 1.54) is 36.4 Å². The number of rotatable bonds is 4. The molecule has 0 N–H and O–H groups in total. The number of carbonyl (C=O) groups is 1. The van der Waals surface area contributed by atoms with Gasteiger partial charge in [-0.3, -0.25) is 9.69 Å². The zero-order valence-electron chi connectivity index (χ0n) is 16.5. The minimum atomic E-state index is -3.47. The second kappa shape index (κ2) is 8.51. The Labute approximate surface area is 168 Å². The van der Waals surface area contributed by atoms with E-state index in [0.29, 0.717) is 37.6 Å². The van der Waals surface area contributed by atoms with E-state index in [-0.39, 0.29) is 5.91 Å². The SMILES string of the molecule is O=C(CN1CC[C@@H]2CCCC[C@H]2C1)N1CCN(S(=O)(=O)c2ccccc2)CC1. The smallest absolute Gasteiger partial charge is 0.243 e. The monoisotopic (exact) mass is 405 g/mol. The van der Waals surface area contributed by atoms with Crippen molar-refractivity contribution in [2.75, 3.05) is 45.8 Å². The van der Waals surface area contributed by atoms with Crippen molar-refractivity contribution >= 4 is 15.9 Å². The van der Waals surface area contributed by atoms with Crippen LogP contribution in [0.5, 0.6) is 0 Å². The molecule has 0 unspecified atom stereocenters. The van der Waals surface area contributed by atoms with Gasteiger partial charge in [0.1, 0.15) is 0 Å². The number of carbonyl (C=O) groups excluding carboxylic acids is 1. The van der Waals surface area contributed by atoms with Crippen LogP contribution in [-0.2, 0) is 14.8 Å². The molecule has 0 spiro atoms. The molecule has 0 bridgehead atoms. The molecule has 1 amide bonds. The number of fused-ring (bicyclic) bond motifs is 1. The van der Waals surface area contributed by atoms with Gasteiger partial charge >= 0.3 is 0 Å². The first-order chi connectivity index (χ1) is 13.5. The highest BCUT2D eigenvalue weighted by atomic mass is 32.2. The molecule has 0 aromatic heterocycles. The van der Waals surface area contributed by atoms with Gasteiger partial charge in [-0.2, -0.15) is 4.31 Å². The molecule has 3 aliphatic rings. The van der Waals surface area contributed by atoms with E-state index in [2.05, 4.69) is 4.90 Å². The fourth-order valence-electron chi connectivity index (χ4n) is 5.03. The van der Waals surface area contributed by atoms with Gasteiger partial charge in [0.2, 0.25) is 15.9 Å². The van der Waals surface area contributed by atoms with Crippen molar-refractivity contribution in [2.24, 2.45) is 11.8 Å². The third-order valence-corrected chi connectivity index (χ3v) is 8.62. The summed E-state index contributed by atoms with van der Waals surface area (Å²) in [5, 5.41) is 0. The highest BCUT2D eigenvalue weighted by Crippen LogP contribution is 2.35. The van der Waals surface area contributed by atoms with Crippen molar-refractivity contribution in [3.8, 4) is 0 Å². The predicted molar refractivity (Wildman–Crippen MR) is 108 cm³/mol. The Balaban J connectivity index is 1.28. The van der Waals surface area contributed by atoms with Gasteiger partial charge in [0.25, 0.3) is 0 Å². The Morgan fingerprint density at radius 1 is 0.893 bits per heavy atom. The Morgan fingerprint density at radius 3 is 2.29 bits per heavy atom. The van der Waals surface area contributed by atoms with Gasteiger partial charge in [-0.25, -0.2) is 8.42 Å². The van der Waals surface area contributed by atoms with Gasteiger partial charge in [-0.15, -0.1) is 0 Å². The molecule has 1 saturated carbocycles. The van der Waals surface area contributed by atoms with Crippen LogP contribution in [0.25, 0.3) is 0 Å². The van der Waals surface area contributed by atoms with Crippen LogP contribution in [0.2, 0.25) is 0 Å². The van der Waals surface area contributed by atoms with Crippen LogP contribution in [0.4, 0.5) is 0 Å². The lowest BCUT2D eigenvalue weighted by molar-refractivity contribution is -0.134. The Kier molecular flexibility index (Phi) is 6.04. The number of benzene rings is 1. The molecule has 0 radical (unpaired) electrons. The average Bonchev–Trinajstić information content (AvgIpc) is 2.74. The Bertz CT molecular complexity index is 775. The summed E-state index contributed by atoms with van der Waals surface area (Å²) in [5.74, 6) is 1.78. The van der Waals surface area contributed by atoms with Crippen LogP contribution < -0.4 is 0 Å². The lowest BCUT2D eigenvalue weighted by Gasteiger charge is -2.42. The Hall–Kier alpha value is -1.44. The van der Waals surface area contributed by atoms with Crippen LogP contribution in [0.3, 0.4) is 0 Å². The van der Waals surface area contributed by atoms with E-state index in [9.17, 15) is 13.2 Å². The molecule has 154 valence electrons. The number of hydrogen-bond donors (Lipinski definition) is 0. The van der Waals surface area contributed by atoms with Crippen molar-refractivity contribution in [1.82, 2.24) is 14.1 Å². The number of hydrogen-bond acceptors (Lipinski definition) is 4. The third-order valence-electron chi connectivity index (χ3n) is 6.71. The second-order valence-electron chi connectivity index (χ2n) is 8.43.